The van der Waals surface area contributed by atoms with Crippen LogP contribution >= 0.6 is 15.9 Å². The topological polar surface area (TPSA) is 65.1 Å². The Labute approximate surface area is 195 Å². The summed E-state index contributed by atoms with van der Waals surface area (Å²) < 4.78 is 16.7. The van der Waals surface area contributed by atoms with E-state index in [1.165, 1.54) is 14.2 Å². The Bertz CT molecular complexity index is 1070. The molecule has 7 heteroatoms. The Hall–Kier alpha value is -3.32. The number of hydrogen-bond donors (Lipinski definition) is 0. The van der Waals surface area contributed by atoms with Crippen LogP contribution in [-0.4, -0.2) is 31.2 Å². The van der Waals surface area contributed by atoms with Gasteiger partial charge in [0, 0.05) is 16.6 Å². The number of halogens is 1. The van der Waals surface area contributed by atoms with Crippen LogP contribution in [-0.2, 0) is 33.8 Å². The zero-order chi connectivity index (χ0) is 22.9. The van der Waals surface area contributed by atoms with Crippen molar-refractivity contribution in [2.45, 2.75) is 19.5 Å². The maximum absolute atomic E-state index is 12.5. The Balaban J connectivity index is 1.84. The van der Waals surface area contributed by atoms with E-state index in [0.717, 1.165) is 21.2 Å². The van der Waals surface area contributed by atoms with Gasteiger partial charge in [-0.15, -0.1) is 0 Å². The number of carbonyl (C=O) groups excluding carboxylic acids is 2. The third-order valence-corrected chi connectivity index (χ3v) is 5.23. The molecule has 0 unspecified atom stereocenters. The molecule has 3 aromatic carbocycles. The van der Waals surface area contributed by atoms with Crippen LogP contribution in [0.15, 0.2) is 77.3 Å². The van der Waals surface area contributed by atoms with Crippen LogP contribution in [0.4, 0.5) is 4.79 Å². The maximum atomic E-state index is 12.5. The first-order valence-electron chi connectivity index (χ1n) is 9.97. The fourth-order valence-electron chi connectivity index (χ4n) is 3.18. The molecule has 3 rings (SSSR count). The number of benzene rings is 3. The highest BCUT2D eigenvalue weighted by Gasteiger charge is 2.18. The van der Waals surface area contributed by atoms with Crippen molar-refractivity contribution < 1.29 is 23.8 Å². The number of methoxy groups -OCH3 is 2. The molecular weight excluding hydrogens is 474 g/mol. The molecule has 0 saturated carbocycles. The van der Waals surface area contributed by atoms with E-state index in [1.807, 2.05) is 66.7 Å². The summed E-state index contributed by atoms with van der Waals surface area (Å²) >= 11 is 3.50. The maximum Gasteiger partial charge on any atom is 0.410 e. The average molecular weight is 498 g/mol. The van der Waals surface area contributed by atoms with Crippen LogP contribution in [0.3, 0.4) is 0 Å². The van der Waals surface area contributed by atoms with Crippen LogP contribution < -0.4 is 4.74 Å². The van der Waals surface area contributed by atoms with Crippen LogP contribution in [0, 0.1) is 0 Å². The number of esters is 1. The quantitative estimate of drug-likeness (QED) is 0.372. The third kappa shape index (κ3) is 6.59. The average Bonchev–Trinajstić information content (AvgIpc) is 2.80. The normalized spacial score (nSPS) is 10.3. The standard InChI is InChI=1S/C25H24BrNO5/c1-30-24(28)14-19-9-6-10-22(13-19)32-23-12-11-21(26)15-20(23)17-27(25(29)31-2)16-18-7-4-3-5-8-18/h3-13,15H,14,16-17H2,1-2H3. The number of hydrogen-bond acceptors (Lipinski definition) is 5. The van der Waals surface area contributed by atoms with E-state index >= 15 is 0 Å². The Morgan fingerprint density at radius 1 is 0.844 bits per heavy atom. The smallest absolute Gasteiger partial charge is 0.410 e. The van der Waals surface area contributed by atoms with Gasteiger partial charge in [0.05, 0.1) is 27.2 Å². The summed E-state index contributed by atoms with van der Waals surface area (Å²) in [5.74, 6) is 0.870. The molecular formula is C25H24BrNO5. The molecule has 3 aromatic rings. The summed E-state index contributed by atoms with van der Waals surface area (Å²) in [6, 6.07) is 22.6. The highest BCUT2D eigenvalue weighted by Crippen LogP contribution is 2.30. The first-order chi connectivity index (χ1) is 15.5. The zero-order valence-electron chi connectivity index (χ0n) is 17.9. The van der Waals surface area contributed by atoms with E-state index in [1.54, 1.807) is 11.0 Å². The number of carbonyl (C=O) groups is 2. The van der Waals surface area contributed by atoms with Gasteiger partial charge in [-0.3, -0.25) is 9.69 Å². The summed E-state index contributed by atoms with van der Waals surface area (Å²) in [5.41, 5.74) is 2.58. The molecule has 0 fully saturated rings. The van der Waals surface area contributed by atoms with Gasteiger partial charge in [0.25, 0.3) is 0 Å². The van der Waals surface area contributed by atoms with Crippen molar-refractivity contribution in [1.82, 2.24) is 4.90 Å². The second-order valence-corrected chi connectivity index (χ2v) is 7.98. The molecule has 0 aliphatic rings. The number of ether oxygens (including phenoxy) is 3. The van der Waals surface area contributed by atoms with E-state index < -0.39 is 6.09 Å². The molecule has 0 spiro atoms. The SMILES string of the molecule is COC(=O)Cc1cccc(Oc2ccc(Br)cc2CN(Cc2ccccc2)C(=O)OC)c1. The molecule has 0 saturated heterocycles. The summed E-state index contributed by atoms with van der Waals surface area (Å²) in [6.07, 6.45) is -0.270. The van der Waals surface area contributed by atoms with Gasteiger partial charge in [0.15, 0.2) is 0 Å². The monoisotopic (exact) mass is 497 g/mol. The molecule has 0 heterocycles. The highest BCUT2D eigenvalue weighted by atomic mass is 79.9. The molecule has 0 atom stereocenters. The van der Waals surface area contributed by atoms with Gasteiger partial charge in [-0.1, -0.05) is 58.4 Å². The van der Waals surface area contributed by atoms with Crippen LogP contribution in [0.25, 0.3) is 0 Å². The molecule has 32 heavy (non-hydrogen) atoms. The second-order valence-electron chi connectivity index (χ2n) is 7.07. The molecule has 6 nitrogen and oxygen atoms in total. The molecule has 0 aromatic heterocycles. The molecule has 1 amide bonds. The third-order valence-electron chi connectivity index (χ3n) is 4.74. The molecule has 166 valence electrons. The van der Waals surface area contributed by atoms with E-state index in [0.29, 0.717) is 18.0 Å². The van der Waals surface area contributed by atoms with E-state index in [9.17, 15) is 9.59 Å². The second kappa shape index (κ2) is 11.3. The van der Waals surface area contributed by atoms with Gasteiger partial charge >= 0.3 is 12.1 Å². The Morgan fingerprint density at radius 2 is 1.59 bits per heavy atom. The summed E-state index contributed by atoms with van der Waals surface area (Å²) in [4.78, 5) is 25.7. The van der Waals surface area contributed by atoms with E-state index in [-0.39, 0.29) is 18.9 Å². The van der Waals surface area contributed by atoms with Crippen molar-refractivity contribution in [3.05, 3.63) is 94.0 Å². The first-order valence-corrected chi connectivity index (χ1v) is 10.8. The summed E-state index contributed by atoms with van der Waals surface area (Å²) in [7, 11) is 2.73. The fourth-order valence-corrected chi connectivity index (χ4v) is 3.59. The molecule has 0 aliphatic carbocycles. The Morgan fingerprint density at radius 3 is 2.31 bits per heavy atom. The molecule has 0 N–H and O–H groups in total. The molecule has 0 radical (unpaired) electrons. The van der Waals surface area contributed by atoms with Crippen LogP contribution in [0.1, 0.15) is 16.7 Å². The van der Waals surface area contributed by atoms with Crippen molar-refractivity contribution in [2.24, 2.45) is 0 Å². The van der Waals surface area contributed by atoms with Crippen molar-refractivity contribution in [1.29, 1.82) is 0 Å². The lowest BCUT2D eigenvalue weighted by molar-refractivity contribution is -0.139. The van der Waals surface area contributed by atoms with E-state index in [2.05, 4.69) is 15.9 Å². The minimum Gasteiger partial charge on any atom is -0.469 e. The highest BCUT2D eigenvalue weighted by molar-refractivity contribution is 9.10. The van der Waals surface area contributed by atoms with Gasteiger partial charge in [0.1, 0.15) is 11.5 Å². The van der Waals surface area contributed by atoms with Gasteiger partial charge in [-0.25, -0.2) is 4.79 Å². The summed E-state index contributed by atoms with van der Waals surface area (Å²) in [6.45, 7) is 0.687. The van der Waals surface area contributed by atoms with Crippen molar-refractivity contribution in [3.63, 3.8) is 0 Å². The van der Waals surface area contributed by atoms with Crippen molar-refractivity contribution >= 4 is 28.0 Å². The number of amides is 1. The van der Waals surface area contributed by atoms with Gasteiger partial charge < -0.3 is 14.2 Å². The molecule has 0 aliphatic heterocycles. The minimum absolute atomic E-state index is 0.161. The number of rotatable bonds is 8. The predicted octanol–water partition coefficient (Wildman–Crippen LogP) is 5.73. The van der Waals surface area contributed by atoms with E-state index in [4.69, 9.17) is 14.2 Å². The van der Waals surface area contributed by atoms with Gasteiger partial charge in [-0.05, 0) is 41.5 Å². The lowest BCUT2D eigenvalue weighted by Gasteiger charge is -2.23. The molecule has 0 bridgehead atoms. The van der Waals surface area contributed by atoms with Crippen molar-refractivity contribution in [2.75, 3.05) is 14.2 Å². The first kappa shape index (κ1) is 23.3. The van der Waals surface area contributed by atoms with Gasteiger partial charge in [-0.2, -0.15) is 0 Å². The minimum atomic E-state index is -0.431. The van der Waals surface area contributed by atoms with Gasteiger partial charge in [0.2, 0.25) is 0 Å². The van der Waals surface area contributed by atoms with Crippen molar-refractivity contribution in [3.8, 4) is 11.5 Å². The van der Waals surface area contributed by atoms with Crippen LogP contribution in [0.5, 0.6) is 11.5 Å². The number of nitrogens with zero attached hydrogens (tertiary/aromatic N) is 1. The van der Waals surface area contributed by atoms with Crippen LogP contribution in [0.2, 0.25) is 0 Å². The lowest BCUT2D eigenvalue weighted by atomic mass is 10.1. The Kier molecular flexibility index (Phi) is 8.27. The lowest BCUT2D eigenvalue weighted by Crippen LogP contribution is -2.30. The predicted molar refractivity (Wildman–Crippen MR) is 124 cm³/mol. The zero-order valence-corrected chi connectivity index (χ0v) is 19.5. The largest absolute Gasteiger partial charge is 0.469 e. The fraction of sp³-hybridized carbons (Fsp3) is 0.200. The summed E-state index contributed by atoms with van der Waals surface area (Å²) in [5, 5.41) is 0.